The Hall–Kier alpha value is -4.11. The zero-order chi connectivity index (χ0) is 32.6. The molecule has 1 aliphatic heterocycles. The number of aryl methyl sites for hydroxylation is 1. The summed E-state index contributed by atoms with van der Waals surface area (Å²) >= 11 is 6.61. The Morgan fingerprint density at radius 3 is 2.63 bits per heavy atom. The number of hydrogen-bond donors (Lipinski definition) is 0. The van der Waals surface area contributed by atoms with Gasteiger partial charge in [-0.25, -0.2) is 4.68 Å². The van der Waals surface area contributed by atoms with Gasteiger partial charge in [0.1, 0.15) is 22.5 Å². The molecule has 0 spiro atoms. The summed E-state index contributed by atoms with van der Waals surface area (Å²) in [6, 6.07) is 15.3. The number of carbonyl (C=O) groups is 2. The van der Waals surface area contributed by atoms with Crippen molar-refractivity contribution in [3.63, 3.8) is 0 Å². The third-order valence-electron chi connectivity index (χ3n) is 8.64. The molecule has 10 heteroatoms. The number of rotatable bonds is 14. The highest BCUT2D eigenvalue weighted by Crippen LogP contribution is 2.38. The Bertz CT molecular complexity index is 1690. The molecular formula is C36H43ClN4O5. The Morgan fingerprint density at radius 1 is 1.04 bits per heavy atom. The van der Waals surface area contributed by atoms with Crippen molar-refractivity contribution in [2.75, 3.05) is 26.9 Å². The number of nitrogens with zero attached hydrogens (tertiary/aromatic N) is 4. The second-order valence-corrected chi connectivity index (χ2v) is 12.1. The molecule has 1 unspecified atom stereocenters. The number of fused-ring (bicyclic) bond motifs is 2. The van der Waals surface area contributed by atoms with Gasteiger partial charge in [0.2, 0.25) is 0 Å². The number of amides is 1. The molecule has 0 saturated heterocycles. The highest BCUT2D eigenvalue weighted by Gasteiger charge is 2.29. The maximum atomic E-state index is 13.7. The van der Waals surface area contributed by atoms with E-state index in [1.54, 1.807) is 30.8 Å². The van der Waals surface area contributed by atoms with Crippen LogP contribution in [0.2, 0.25) is 5.02 Å². The first kappa shape index (κ1) is 33.3. The standard InChI is InChI=1S/C36H43ClN4O5/c1-5-7-8-9-10-18-46-26-14-15-29(31(37)21-26)36(43)41-17-16-27-24(23-41)12-11-13-28(27)30(22-34(42)45-6-2)25-19-32-35(33(20-25)44-4)40(3)39-38-32/h11-15,19-21,30H,5-10,16-18,22-23H2,1-4H3. The third-order valence-corrected chi connectivity index (χ3v) is 8.95. The minimum absolute atomic E-state index is 0.118. The number of ether oxygens (including phenoxy) is 3. The monoisotopic (exact) mass is 646 g/mol. The van der Waals surface area contributed by atoms with Crippen LogP contribution in [0.15, 0.2) is 48.5 Å². The van der Waals surface area contributed by atoms with E-state index in [-0.39, 0.29) is 24.2 Å². The average Bonchev–Trinajstić information content (AvgIpc) is 3.44. The van der Waals surface area contributed by atoms with Crippen molar-refractivity contribution in [2.45, 2.75) is 71.3 Å². The van der Waals surface area contributed by atoms with E-state index in [4.69, 9.17) is 25.8 Å². The topological polar surface area (TPSA) is 95.8 Å². The Labute approximate surface area is 275 Å². The van der Waals surface area contributed by atoms with Gasteiger partial charge in [0, 0.05) is 26.1 Å². The normalized spacial score (nSPS) is 13.4. The van der Waals surface area contributed by atoms with Gasteiger partial charge in [-0.15, -0.1) is 5.10 Å². The zero-order valence-corrected chi connectivity index (χ0v) is 27.9. The lowest BCUT2D eigenvalue weighted by molar-refractivity contribution is -0.143. The number of methoxy groups -OCH3 is 1. The summed E-state index contributed by atoms with van der Waals surface area (Å²) in [5, 5.41) is 8.87. The van der Waals surface area contributed by atoms with Gasteiger partial charge in [0.25, 0.3) is 5.91 Å². The van der Waals surface area contributed by atoms with Gasteiger partial charge in [-0.05, 0) is 72.4 Å². The van der Waals surface area contributed by atoms with E-state index in [1.165, 1.54) is 19.3 Å². The molecule has 244 valence electrons. The van der Waals surface area contributed by atoms with Gasteiger partial charge < -0.3 is 19.1 Å². The third kappa shape index (κ3) is 7.47. The van der Waals surface area contributed by atoms with Crippen LogP contribution in [0.4, 0.5) is 0 Å². The fraction of sp³-hybridized carbons (Fsp3) is 0.444. The molecule has 2 heterocycles. The predicted octanol–water partition coefficient (Wildman–Crippen LogP) is 7.26. The van der Waals surface area contributed by atoms with Crippen molar-refractivity contribution < 1.29 is 23.8 Å². The van der Waals surface area contributed by atoms with E-state index in [1.807, 2.05) is 42.3 Å². The number of aromatic nitrogens is 3. The summed E-state index contributed by atoms with van der Waals surface area (Å²) in [7, 11) is 3.43. The second-order valence-electron chi connectivity index (χ2n) is 11.7. The molecule has 5 rings (SSSR count). The molecule has 1 aromatic heterocycles. The smallest absolute Gasteiger partial charge is 0.306 e. The molecule has 0 fully saturated rings. The van der Waals surface area contributed by atoms with Gasteiger partial charge >= 0.3 is 5.97 Å². The van der Waals surface area contributed by atoms with Crippen LogP contribution < -0.4 is 9.47 Å². The maximum absolute atomic E-state index is 13.7. The number of unbranched alkanes of at least 4 members (excludes halogenated alkanes) is 4. The van der Waals surface area contributed by atoms with Crippen LogP contribution in [-0.2, 0) is 29.5 Å². The first-order chi connectivity index (χ1) is 22.3. The van der Waals surface area contributed by atoms with Crippen LogP contribution in [-0.4, -0.2) is 58.6 Å². The van der Waals surface area contributed by atoms with Crippen LogP contribution in [0.25, 0.3) is 11.0 Å². The lowest BCUT2D eigenvalue weighted by atomic mass is 9.82. The van der Waals surface area contributed by atoms with Gasteiger partial charge in [0.15, 0.2) is 0 Å². The molecule has 1 atom stereocenters. The summed E-state index contributed by atoms with van der Waals surface area (Å²) in [4.78, 5) is 28.4. The van der Waals surface area contributed by atoms with Crippen molar-refractivity contribution >= 4 is 34.5 Å². The van der Waals surface area contributed by atoms with Crippen LogP contribution in [0, 0.1) is 0 Å². The van der Waals surface area contributed by atoms with E-state index in [9.17, 15) is 9.59 Å². The van der Waals surface area contributed by atoms with E-state index in [0.717, 1.165) is 40.6 Å². The van der Waals surface area contributed by atoms with Crippen molar-refractivity contribution in [3.05, 3.63) is 81.4 Å². The molecule has 46 heavy (non-hydrogen) atoms. The summed E-state index contributed by atoms with van der Waals surface area (Å²) in [6.45, 7) is 5.90. The van der Waals surface area contributed by atoms with Crippen molar-refractivity contribution in [2.24, 2.45) is 7.05 Å². The second kappa shape index (κ2) is 15.5. The van der Waals surface area contributed by atoms with E-state index >= 15 is 0 Å². The number of halogens is 1. The fourth-order valence-corrected chi connectivity index (χ4v) is 6.54. The summed E-state index contributed by atoms with van der Waals surface area (Å²) in [5.41, 5.74) is 6.02. The van der Waals surface area contributed by atoms with Crippen molar-refractivity contribution in [1.29, 1.82) is 0 Å². The molecule has 9 nitrogen and oxygen atoms in total. The molecule has 0 aliphatic carbocycles. The highest BCUT2D eigenvalue weighted by molar-refractivity contribution is 6.34. The van der Waals surface area contributed by atoms with Crippen LogP contribution >= 0.6 is 11.6 Å². The van der Waals surface area contributed by atoms with E-state index < -0.39 is 0 Å². The number of benzene rings is 3. The van der Waals surface area contributed by atoms with Crippen molar-refractivity contribution in [3.8, 4) is 11.5 Å². The lowest BCUT2D eigenvalue weighted by Crippen LogP contribution is -2.36. The minimum Gasteiger partial charge on any atom is -0.494 e. The Morgan fingerprint density at radius 2 is 1.87 bits per heavy atom. The molecule has 4 aromatic rings. The van der Waals surface area contributed by atoms with Crippen LogP contribution in [0.1, 0.15) is 90.9 Å². The predicted molar refractivity (Wildman–Crippen MR) is 179 cm³/mol. The van der Waals surface area contributed by atoms with Gasteiger partial charge in [0.05, 0.1) is 37.3 Å². The molecule has 0 saturated carbocycles. The van der Waals surface area contributed by atoms with E-state index in [0.29, 0.717) is 60.3 Å². The largest absolute Gasteiger partial charge is 0.494 e. The van der Waals surface area contributed by atoms with Crippen molar-refractivity contribution in [1.82, 2.24) is 19.9 Å². The van der Waals surface area contributed by atoms with Gasteiger partial charge in [-0.1, -0.05) is 67.6 Å². The fourth-order valence-electron chi connectivity index (χ4n) is 6.29. The Kier molecular flexibility index (Phi) is 11.2. The molecule has 3 aromatic carbocycles. The molecular weight excluding hydrogens is 604 g/mol. The summed E-state index contributed by atoms with van der Waals surface area (Å²) in [6.07, 6.45) is 6.61. The number of esters is 1. The first-order valence-electron chi connectivity index (χ1n) is 16.2. The quantitative estimate of drug-likeness (QED) is 0.105. The van der Waals surface area contributed by atoms with E-state index in [2.05, 4.69) is 23.3 Å². The molecule has 1 aliphatic rings. The highest BCUT2D eigenvalue weighted by atomic mass is 35.5. The van der Waals surface area contributed by atoms with Gasteiger partial charge in [-0.2, -0.15) is 0 Å². The first-order valence-corrected chi connectivity index (χ1v) is 16.6. The summed E-state index contributed by atoms with van der Waals surface area (Å²) in [5.74, 6) is 0.609. The molecule has 0 radical (unpaired) electrons. The minimum atomic E-state index is -0.301. The van der Waals surface area contributed by atoms with Crippen LogP contribution in [0.3, 0.4) is 0 Å². The van der Waals surface area contributed by atoms with Gasteiger partial charge in [-0.3, -0.25) is 9.59 Å². The number of hydrogen-bond acceptors (Lipinski definition) is 7. The average molecular weight is 647 g/mol. The summed E-state index contributed by atoms with van der Waals surface area (Å²) < 4.78 is 18.7. The lowest BCUT2D eigenvalue weighted by Gasteiger charge is -2.32. The number of carbonyl (C=O) groups excluding carboxylic acids is 2. The van der Waals surface area contributed by atoms with Crippen LogP contribution in [0.5, 0.6) is 11.5 Å². The molecule has 0 bridgehead atoms. The molecule has 0 N–H and O–H groups in total. The SMILES string of the molecule is CCCCCCCOc1ccc(C(=O)N2CCc3c(cccc3C(CC(=O)OCC)c3cc(OC)c4c(c3)nnn4C)C2)c(Cl)c1. The Balaban J connectivity index is 1.37. The maximum Gasteiger partial charge on any atom is 0.306 e. The zero-order valence-electron chi connectivity index (χ0n) is 27.2. The molecule has 1 amide bonds.